The number of rotatable bonds is 3. The van der Waals surface area contributed by atoms with Crippen LogP contribution in [0, 0.1) is 0 Å². The van der Waals surface area contributed by atoms with Gasteiger partial charge in [-0.2, -0.15) is 5.10 Å². The van der Waals surface area contributed by atoms with Crippen LogP contribution < -0.4 is 11.2 Å². The molecule has 6 nitrogen and oxygen atoms in total. The maximum Gasteiger partial charge on any atom is 0.332 e. The van der Waals surface area contributed by atoms with Crippen molar-refractivity contribution in [2.24, 2.45) is 10.8 Å². The summed E-state index contributed by atoms with van der Waals surface area (Å²) >= 11 is 0. The largest absolute Gasteiger partial charge is 0.481 e. The number of amides is 2. The molecule has 0 rings (SSSR count). The van der Waals surface area contributed by atoms with Crippen molar-refractivity contribution in [1.82, 2.24) is 5.43 Å². The van der Waals surface area contributed by atoms with Gasteiger partial charge >= 0.3 is 12.0 Å². The van der Waals surface area contributed by atoms with Gasteiger partial charge in [0.15, 0.2) is 0 Å². The van der Waals surface area contributed by atoms with Gasteiger partial charge in [0.05, 0.1) is 6.42 Å². The Kier molecular flexibility index (Phi) is 3.65. The van der Waals surface area contributed by atoms with Gasteiger partial charge in [-0.15, -0.1) is 0 Å². The second-order valence-corrected chi connectivity index (χ2v) is 1.89. The van der Waals surface area contributed by atoms with Gasteiger partial charge in [0.1, 0.15) is 0 Å². The first-order valence-electron chi connectivity index (χ1n) is 2.82. The van der Waals surface area contributed by atoms with E-state index in [4.69, 9.17) is 5.11 Å². The van der Waals surface area contributed by atoms with Crippen molar-refractivity contribution in [3.05, 3.63) is 0 Å². The fourth-order valence-electron chi connectivity index (χ4n) is 0.409. The van der Waals surface area contributed by atoms with Gasteiger partial charge in [0, 0.05) is 5.71 Å². The minimum atomic E-state index is -1.00. The number of hydrazone groups is 1. The first-order chi connectivity index (χ1) is 5.02. The van der Waals surface area contributed by atoms with E-state index in [0.717, 1.165) is 0 Å². The zero-order valence-electron chi connectivity index (χ0n) is 6.00. The molecule has 2 amide bonds. The number of urea groups is 1. The predicted molar refractivity (Wildman–Crippen MR) is 38.1 cm³/mol. The number of carboxylic acids is 1. The number of carboxylic acid groups (broad SMARTS) is 1. The Balaban J connectivity index is 3.81. The topological polar surface area (TPSA) is 105 Å². The van der Waals surface area contributed by atoms with Crippen molar-refractivity contribution < 1.29 is 14.7 Å². The molecule has 0 fully saturated rings. The second kappa shape index (κ2) is 4.26. The fraction of sp³-hybridized carbons (Fsp3) is 0.400. The molecule has 0 aromatic rings. The van der Waals surface area contributed by atoms with Crippen LogP contribution in [0.25, 0.3) is 0 Å². The third kappa shape index (κ3) is 6.29. The van der Waals surface area contributed by atoms with E-state index < -0.39 is 12.0 Å². The molecule has 0 saturated heterocycles. The van der Waals surface area contributed by atoms with Crippen LogP contribution >= 0.6 is 0 Å². The molecule has 0 atom stereocenters. The van der Waals surface area contributed by atoms with Crippen LogP contribution in [0.1, 0.15) is 13.3 Å². The molecule has 0 radical (unpaired) electrons. The summed E-state index contributed by atoms with van der Waals surface area (Å²) in [6, 6.07) is -0.810. The summed E-state index contributed by atoms with van der Waals surface area (Å²) in [5.74, 6) is -1.00. The molecule has 4 N–H and O–H groups in total. The van der Waals surface area contributed by atoms with Gasteiger partial charge in [-0.3, -0.25) is 4.79 Å². The van der Waals surface area contributed by atoms with Crippen LogP contribution in [-0.2, 0) is 4.79 Å². The molecular weight excluding hydrogens is 150 g/mol. The molecule has 62 valence electrons. The third-order valence-electron chi connectivity index (χ3n) is 0.764. The van der Waals surface area contributed by atoms with Crippen LogP contribution in [0.3, 0.4) is 0 Å². The molecule has 0 saturated carbocycles. The van der Waals surface area contributed by atoms with Crippen LogP contribution in [-0.4, -0.2) is 22.8 Å². The van der Waals surface area contributed by atoms with E-state index >= 15 is 0 Å². The summed E-state index contributed by atoms with van der Waals surface area (Å²) < 4.78 is 0. The van der Waals surface area contributed by atoms with E-state index in [-0.39, 0.29) is 12.1 Å². The van der Waals surface area contributed by atoms with Gasteiger partial charge in [0.2, 0.25) is 0 Å². The highest BCUT2D eigenvalue weighted by molar-refractivity contribution is 5.97. The number of nitrogens with zero attached hydrogens (tertiary/aromatic N) is 1. The highest BCUT2D eigenvalue weighted by Gasteiger charge is 1.99. The number of nitrogens with one attached hydrogen (secondary N) is 1. The summed E-state index contributed by atoms with van der Waals surface area (Å²) in [4.78, 5) is 20.1. The molecular formula is C5H9N3O3. The Bertz CT molecular complexity index is 199. The lowest BCUT2D eigenvalue weighted by Crippen LogP contribution is -2.25. The van der Waals surface area contributed by atoms with E-state index in [9.17, 15) is 9.59 Å². The Hall–Kier alpha value is -1.59. The fourth-order valence-corrected chi connectivity index (χ4v) is 0.409. The Labute approximate surface area is 63.1 Å². The predicted octanol–water partition coefficient (Wildman–Crippen LogP) is -0.495. The lowest BCUT2D eigenvalue weighted by atomic mass is 10.3. The van der Waals surface area contributed by atoms with Gasteiger partial charge in [-0.1, -0.05) is 0 Å². The average molecular weight is 159 g/mol. The molecule has 0 aliphatic rings. The highest BCUT2D eigenvalue weighted by atomic mass is 16.4. The molecule has 0 spiro atoms. The number of carbonyl (C=O) groups excluding carboxylic acids is 1. The number of carbonyl (C=O) groups is 2. The van der Waals surface area contributed by atoms with Crippen molar-refractivity contribution in [2.45, 2.75) is 13.3 Å². The van der Waals surface area contributed by atoms with Crippen molar-refractivity contribution in [3.63, 3.8) is 0 Å². The smallest absolute Gasteiger partial charge is 0.332 e. The lowest BCUT2D eigenvalue weighted by molar-refractivity contribution is -0.135. The normalized spacial score (nSPS) is 10.8. The van der Waals surface area contributed by atoms with Gasteiger partial charge < -0.3 is 10.8 Å². The van der Waals surface area contributed by atoms with Gasteiger partial charge in [0.25, 0.3) is 0 Å². The molecule has 0 aromatic carbocycles. The van der Waals surface area contributed by atoms with Crippen LogP contribution in [0.2, 0.25) is 0 Å². The summed E-state index contributed by atoms with van der Waals surface area (Å²) in [7, 11) is 0. The van der Waals surface area contributed by atoms with E-state index in [1.54, 1.807) is 0 Å². The van der Waals surface area contributed by atoms with Crippen molar-refractivity contribution in [3.8, 4) is 0 Å². The minimum absolute atomic E-state index is 0.208. The van der Waals surface area contributed by atoms with Crippen LogP contribution in [0.4, 0.5) is 4.79 Å². The zero-order chi connectivity index (χ0) is 8.85. The Morgan fingerprint density at radius 1 is 1.64 bits per heavy atom. The van der Waals surface area contributed by atoms with E-state index in [1.807, 2.05) is 5.43 Å². The molecule has 0 aliphatic carbocycles. The molecule has 0 aliphatic heterocycles. The average Bonchev–Trinajstić information content (AvgIpc) is 1.82. The molecule has 11 heavy (non-hydrogen) atoms. The molecule has 6 heteroatoms. The van der Waals surface area contributed by atoms with E-state index in [0.29, 0.717) is 0 Å². The van der Waals surface area contributed by atoms with Gasteiger partial charge in [-0.25, -0.2) is 10.2 Å². The van der Waals surface area contributed by atoms with Gasteiger partial charge in [-0.05, 0) is 6.92 Å². The minimum Gasteiger partial charge on any atom is -0.481 e. The highest BCUT2D eigenvalue weighted by Crippen LogP contribution is 1.83. The number of aliphatic carboxylic acids is 1. The first-order valence-corrected chi connectivity index (χ1v) is 2.82. The summed E-state index contributed by atoms with van der Waals surface area (Å²) in [5.41, 5.74) is 6.87. The number of nitrogens with two attached hydrogens (primary N) is 1. The molecule has 0 bridgehead atoms. The summed E-state index contributed by atoms with van der Waals surface area (Å²) in [5, 5.41) is 11.6. The van der Waals surface area contributed by atoms with Crippen molar-refractivity contribution in [1.29, 1.82) is 0 Å². The third-order valence-corrected chi connectivity index (χ3v) is 0.764. The standard InChI is InChI=1S/C5H9N3O3/c1-3(2-4(9)10)7-8-5(6)11/h2H2,1H3,(H,9,10)(H3,6,8,11)/b7-3+. The zero-order valence-corrected chi connectivity index (χ0v) is 6.00. The van der Waals surface area contributed by atoms with Crippen molar-refractivity contribution in [2.75, 3.05) is 0 Å². The summed E-state index contributed by atoms with van der Waals surface area (Å²) in [6.07, 6.45) is -0.208. The molecule has 0 aromatic heterocycles. The van der Waals surface area contributed by atoms with Crippen molar-refractivity contribution >= 4 is 17.7 Å². The Morgan fingerprint density at radius 3 is 2.55 bits per heavy atom. The lowest BCUT2D eigenvalue weighted by Gasteiger charge is -1.94. The SMILES string of the molecule is C/C(CC(=O)O)=N\NC(N)=O. The maximum atomic E-state index is 10.0. The maximum absolute atomic E-state index is 10.0. The van der Waals surface area contributed by atoms with E-state index in [1.165, 1.54) is 6.92 Å². The number of hydrogen-bond acceptors (Lipinski definition) is 3. The number of hydrogen-bond donors (Lipinski definition) is 3. The second-order valence-electron chi connectivity index (χ2n) is 1.89. The quantitative estimate of drug-likeness (QED) is 0.382. The van der Waals surface area contributed by atoms with Crippen LogP contribution in [0.5, 0.6) is 0 Å². The Morgan fingerprint density at radius 2 is 2.18 bits per heavy atom. The molecule has 0 unspecified atom stereocenters. The monoisotopic (exact) mass is 159 g/mol. The van der Waals surface area contributed by atoms with E-state index in [2.05, 4.69) is 10.8 Å². The first kappa shape index (κ1) is 9.41. The molecule has 0 heterocycles. The van der Waals surface area contributed by atoms with Crippen LogP contribution in [0.15, 0.2) is 5.10 Å². The summed E-state index contributed by atoms with van der Waals surface area (Å²) in [6.45, 7) is 1.48. The number of primary amides is 1.